The van der Waals surface area contributed by atoms with Crippen molar-refractivity contribution in [2.45, 2.75) is 20.8 Å². The van der Waals surface area contributed by atoms with Gasteiger partial charge >= 0.3 is 0 Å². The van der Waals surface area contributed by atoms with E-state index < -0.39 is 0 Å². The maximum absolute atomic E-state index is 5.99. The van der Waals surface area contributed by atoms with Gasteiger partial charge in [0.25, 0.3) is 0 Å². The van der Waals surface area contributed by atoms with Crippen molar-refractivity contribution in [1.82, 2.24) is 4.98 Å². The lowest BCUT2D eigenvalue weighted by atomic mass is 10.1. The molecule has 3 nitrogen and oxygen atoms in total. The average molecular weight is 263 g/mol. The van der Waals surface area contributed by atoms with Crippen LogP contribution >= 0.6 is 11.6 Å². The van der Waals surface area contributed by atoms with Gasteiger partial charge in [0.05, 0.1) is 5.69 Å². The van der Waals surface area contributed by atoms with Crippen molar-refractivity contribution < 1.29 is 4.74 Å². The molecule has 0 fully saturated rings. The first-order chi connectivity index (χ1) is 8.49. The predicted molar refractivity (Wildman–Crippen MR) is 74.4 cm³/mol. The lowest BCUT2D eigenvalue weighted by Crippen LogP contribution is -1.99. The van der Waals surface area contributed by atoms with Gasteiger partial charge in [0.2, 0.25) is 5.88 Å². The van der Waals surface area contributed by atoms with Gasteiger partial charge in [-0.25, -0.2) is 4.98 Å². The Kier molecular flexibility index (Phi) is 3.43. The highest BCUT2D eigenvalue weighted by atomic mass is 35.5. The number of aryl methyl sites for hydroxylation is 3. The molecule has 2 aromatic rings. The minimum Gasteiger partial charge on any atom is -0.437 e. The summed E-state index contributed by atoms with van der Waals surface area (Å²) in [7, 11) is 0. The minimum absolute atomic E-state index is 0.434. The number of pyridine rings is 1. The van der Waals surface area contributed by atoms with E-state index in [1.807, 2.05) is 39.0 Å². The van der Waals surface area contributed by atoms with E-state index in [2.05, 4.69) is 4.98 Å². The maximum atomic E-state index is 5.99. The molecular formula is C14H15ClN2O. The van der Waals surface area contributed by atoms with Gasteiger partial charge in [0, 0.05) is 11.2 Å². The second-order valence-corrected chi connectivity index (χ2v) is 4.75. The number of rotatable bonds is 2. The summed E-state index contributed by atoms with van der Waals surface area (Å²) in [4.78, 5) is 4.16. The lowest BCUT2D eigenvalue weighted by molar-refractivity contribution is 0.458. The van der Waals surface area contributed by atoms with Crippen LogP contribution in [0.2, 0.25) is 5.02 Å². The summed E-state index contributed by atoms with van der Waals surface area (Å²) in [6, 6.07) is 5.57. The summed E-state index contributed by atoms with van der Waals surface area (Å²) in [5.74, 6) is 1.19. The van der Waals surface area contributed by atoms with E-state index in [1.54, 1.807) is 6.20 Å². The van der Waals surface area contributed by atoms with Crippen molar-refractivity contribution in [2.24, 2.45) is 0 Å². The first-order valence-electron chi connectivity index (χ1n) is 5.64. The molecule has 1 aromatic heterocycles. The van der Waals surface area contributed by atoms with E-state index in [-0.39, 0.29) is 0 Å². The third-order valence-corrected chi connectivity index (χ3v) is 3.01. The van der Waals surface area contributed by atoms with Crippen molar-refractivity contribution in [2.75, 3.05) is 5.73 Å². The molecule has 0 saturated carbocycles. The van der Waals surface area contributed by atoms with E-state index in [4.69, 9.17) is 22.1 Å². The summed E-state index contributed by atoms with van der Waals surface area (Å²) in [6.07, 6.45) is 1.68. The van der Waals surface area contributed by atoms with Crippen LogP contribution in [0.25, 0.3) is 0 Å². The van der Waals surface area contributed by atoms with E-state index in [1.165, 1.54) is 0 Å². The predicted octanol–water partition coefficient (Wildman–Crippen LogP) is 4.03. The highest BCUT2D eigenvalue weighted by Gasteiger charge is 2.11. The van der Waals surface area contributed by atoms with Crippen LogP contribution in [0.5, 0.6) is 11.6 Å². The summed E-state index contributed by atoms with van der Waals surface area (Å²) in [5, 5.41) is 0.697. The Morgan fingerprint density at radius 2 is 1.72 bits per heavy atom. The van der Waals surface area contributed by atoms with Crippen LogP contribution in [0.4, 0.5) is 5.69 Å². The van der Waals surface area contributed by atoms with Gasteiger partial charge in [0.15, 0.2) is 0 Å². The van der Waals surface area contributed by atoms with Gasteiger partial charge in [-0.2, -0.15) is 0 Å². The number of nitrogens with two attached hydrogens (primary N) is 1. The molecule has 0 spiro atoms. The maximum Gasteiger partial charge on any atom is 0.242 e. The molecule has 0 bridgehead atoms. The Balaban J connectivity index is 2.43. The summed E-state index contributed by atoms with van der Waals surface area (Å²) in [6.45, 7) is 5.81. The Hall–Kier alpha value is -1.74. The van der Waals surface area contributed by atoms with Crippen LogP contribution in [0.15, 0.2) is 24.4 Å². The van der Waals surface area contributed by atoms with Crippen LogP contribution in [0.1, 0.15) is 16.7 Å². The number of nitrogen functional groups attached to an aromatic ring is 1. The van der Waals surface area contributed by atoms with E-state index in [0.29, 0.717) is 16.6 Å². The van der Waals surface area contributed by atoms with Crippen molar-refractivity contribution in [1.29, 1.82) is 0 Å². The number of anilines is 1. The van der Waals surface area contributed by atoms with E-state index in [0.717, 1.165) is 22.4 Å². The SMILES string of the molecule is Cc1ccnc(Oc2c(C)cc(Cl)cc2C)c1N. The molecule has 0 aliphatic rings. The number of ether oxygens (including phenoxy) is 1. The van der Waals surface area contributed by atoms with Crippen molar-refractivity contribution in [3.05, 3.63) is 46.1 Å². The first kappa shape index (κ1) is 12.7. The monoisotopic (exact) mass is 262 g/mol. The van der Waals surface area contributed by atoms with Crippen LogP contribution < -0.4 is 10.5 Å². The molecule has 0 aliphatic carbocycles. The molecule has 1 heterocycles. The largest absolute Gasteiger partial charge is 0.437 e. The highest BCUT2D eigenvalue weighted by Crippen LogP contribution is 2.33. The van der Waals surface area contributed by atoms with Crippen molar-refractivity contribution in [3.63, 3.8) is 0 Å². The Labute approximate surface area is 112 Å². The summed E-state index contributed by atoms with van der Waals surface area (Å²) >= 11 is 5.99. The van der Waals surface area contributed by atoms with Crippen LogP contribution in [0.3, 0.4) is 0 Å². The standard InChI is InChI=1S/C14H15ClN2O/c1-8-4-5-17-14(12(8)16)18-13-9(2)6-11(15)7-10(13)3/h4-7H,16H2,1-3H3. The summed E-state index contributed by atoms with van der Waals surface area (Å²) < 4.78 is 5.81. The van der Waals surface area contributed by atoms with Crippen LogP contribution in [-0.4, -0.2) is 4.98 Å². The Morgan fingerprint density at radius 1 is 1.11 bits per heavy atom. The first-order valence-corrected chi connectivity index (χ1v) is 6.02. The normalized spacial score (nSPS) is 10.4. The molecule has 2 rings (SSSR count). The van der Waals surface area contributed by atoms with E-state index in [9.17, 15) is 0 Å². The smallest absolute Gasteiger partial charge is 0.242 e. The second kappa shape index (κ2) is 4.86. The van der Waals surface area contributed by atoms with Crippen molar-refractivity contribution in [3.8, 4) is 11.6 Å². The fraction of sp³-hybridized carbons (Fsp3) is 0.214. The fourth-order valence-corrected chi connectivity index (χ4v) is 2.11. The van der Waals surface area contributed by atoms with E-state index >= 15 is 0 Å². The summed E-state index contributed by atoms with van der Waals surface area (Å²) in [5.41, 5.74) is 9.38. The van der Waals surface area contributed by atoms with Gasteiger partial charge in [-0.1, -0.05) is 11.6 Å². The number of halogens is 1. The van der Waals surface area contributed by atoms with Gasteiger partial charge in [0.1, 0.15) is 5.75 Å². The molecule has 18 heavy (non-hydrogen) atoms. The van der Waals surface area contributed by atoms with Gasteiger partial charge in [-0.15, -0.1) is 0 Å². The molecule has 4 heteroatoms. The zero-order valence-electron chi connectivity index (χ0n) is 10.6. The molecule has 0 radical (unpaired) electrons. The number of nitrogens with zero attached hydrogens (tertiary/aromatic N) is 1. The number of aromatic nitrogens is 1. The third-order valence-electron chi connectivity index (χ3n) is 2.80. The molecule has 0 saturated heterocycles. The number of hydrogen-bond donors (Lipinski definition) is 1. The molecule has 0 atom stereocenters. The van der Waals surface area contributed by atoms with Crippen LogP contribution in [0, 0.1) is 20.8 Å². The molecular weight excluding hydrogens is 248 g/mol. The zero-order valence-corrected chi connectivity index (χ0v) is 11.4. The lowest BCUT2D eigenvalue weighted by Gasteiger charge is -2.13. The zero-order chi connectivity index (χ0) is 13.3. The quantitative estimate of drug-likeness (QED) is 0.889. The van der Waals surface area contributed by atoms with Gasteiger partial charge < -0.3 is 10.5 Å². The third kappa shape index (κ3) is 2.41. The topological polar surface area (TPSA) is 48.1 Å². The molecule has 0 aliphatic heterocycles. The second-order valence-electron chi connectivity index (χ2n) is 4.32. The Morgan fingerprint density at radius 3 is 2.33 bits per heavy atom. The van der Waals surface area contributed by atoms with Crippen LogP contribution in [-0.2, 0) is 0 Å². The highest BCUT2D eigenvalue weighted by molar-refractivity contribution is 6.30. The molecule has 1 aromatic carbocycles. The molecule has 94 valence electrons. The molecule has 2 N–H and O–H groups in total. The fourth-order valence-electron chi connectivity index (χ4n) is 1.78. The molecule has 0 unspecified atom stereocenters. The average Bonchev–Trinajstić information content (AvgIpc) is 2.28. The minimum atomic E-state index is 0.434. The Bertz CT molecular complexity index is 573. The number of hydrogen-bond acceptors (Lipinski definition) is 3. The number of benzene rings is 1. The van der Waals surface area contributed by atoms with Gasteiger partial charge in [-0.3, -0.25) is 0 Å². The van der Waals surface area contributed by atoms with Gasteiger partial charge in [-0.05, 0) is 55.7 Å². The van der Waals surface area contributed by atoms with Crippen molar-refractivity contribution >= 4 is 17.3 Å². The molecule has 0 amide bonds.